The smallest absolute Gasteiger partial charge is 0.258 e. The van der Waals surface area contributed by atoms with E-state index in [0.717, 1.165) is 31.2 Å². The van der Waals surface area contributed by atoms with E-state index < -0.39 is 0 Å². The molecule has 1 aromatic carbocycles. The number of hydrogen-bond donors (Lipinski definition) is 1. The molecule has 6 heteroatoms. The van der Waals surface area contributed by atoms with Gasteiger partial charge >= 0.3 is 0 Å². The SMILES string of the molecule is Cc1ccc2c(=O)c(OCC(=O)NC3CCCCC3)c(-c3ccco3)oc2c1. The van der Waals surface area contributed by atoms with Crippen LogP contribution in [0.5, 0.6) is 5.75 Å². The molecule has 0 unspecified atom stereocenters. The molecule has 0 atom stereocenters. The number of aryl methyl sites for hydroxylation is 1. The predicted molar refractivity (Wildman–Crippen MR) is 105 cm³/mol. The Bertz CT molecular complexity index is 1030. The first-order valence-corrected chi connectivity index (χ1v) is 9.65. The van der Waals surface area contributed by atoms with Gasteiger partial charge in [-0.05, 0) is 49.6 Å². The third-order valence-electron chi connectivity index (χ3n) is 5.07. The molecule has 2 heterocycles. The molecule has 2 aromatic heterocycles. The Morgan fingerprint density at radius 1 is 1.21 bits per heavy atom. The van der Waals surface area contributed by atoms with E-state index in [1.165, 1.54) is 12.7 Å². The van der Waals surface area contributed by atoms with Gasteiger partial charge in [-0.3, -0.25) is 9.59 Å². The van der Waals surface area contributed by atoms with Crippen LogP contribution < -0.4 is 15.5 Å². The summed E-state index contributed by atoms with van der Waals surface area (Å²) in [6.07, 6.45) is 6.94. The molecule has 1 fully saturated rings. The molecule has 1 saturated carbocycles. The largest absolute Gasteiger partial charge is 0.476 e. The highest BCUT2D eigenvalue weighted by Gasteiger charge is 2.22. The lowest BCUT2D eigenvalue weighted by molar-refractivity contribution is -0.124. The predicted octanol–water partition coefficient (Wildman–Crippen LogP) is 4.19. The fraction of sp³-hybridized carbons (Fsp3) is 0.364. The number of rotatable bonds is 5. The van der Waals surface area contributed by atoms with Crippen LogP contribution in [0.3, 0.4) is 0 Å². The lowest BCUT2D eigenvalue weighted by Crippen LogP contribution is -2.39. The van der Waals surface area contributed by atoms with Crippen molar-refractivity contribution in [2.45, 2.75) is 45.1 Å². The summed E-state index contributed by atoms with van der Waals surface area (Å²) in [6, 6.07) is 8.92. The summed E-state index contributed by atoms with van der Waals surface area (Å²) in [4.78, 5) is 25.3. The van der Waals surface area contributed by atoms with Crippen molar-refractivity contribution in [3.05, 3.63) is 52.4 Å². The first kappa shape index (κ1) is 18.3. The maximum atomic E-state index is 13.0. The van der Waals surface area contributed by atoms with Gasteiger partial charge in [-0.25, -0.2) is 0 Å². The van der Waals surface area contributed by atoms with Crippen LogP contribution in [0.2, 0.25) is 0 Å². The number of ether oxygens (including phenoxy) is 1. The first-order valence-electron chi connectivity index (χ1n) is 9.65. The highest BCUT2D eigenvalue weighted by atomic mass is 16.5. The van der Waals surface area contributed by atoms with Gasteiger partial charge in [-0.1, -0.05) is 25.3 Å². The average Bonchev–Trinajstić information content (AvgIpc) is 3.22. The molecule has 0 spiro atoms. The Kier molecular flexibility index (Phi) is 5.19. The molecule has 1 aliphatic rings. The number of amides is 1. The molecule has 1 amide bonds. The van der Waals surface area contributed by atoms with E-state index in [9.17, 15) is 9.59 Å². The van der Waals surface area contributed by atoms with Crippen molar-refractivity contribution in [3.63, 3.8) is 0 Å². The lowest BCUT2D eigenvalue weighted by atomic mass is 9.95. The zero-order valence-corrected chi connectivity index (χ0v) is 15.8. The van der Waals surface area contributed by atoms with Crippen LogP contribution in [0.25, 0.3) is 22.5 Å². The molecule has 6 nitrogen and oxygen atoms in total. The highest BCUT2D eigenvalue weighted by Crippen LogP contribution is 2.31. The molecule has 1 aliphatic carbocycles. The van der Waals surface area contributed by atoms with Crippen LogP contribution >= 0.6 is 0 Å². The van der Waals surface area contributed by atoms with Crippen molar-refractivity contribution in [2.75, 3.05) is 6.61 Å². The van der Waals surface area contributed by atoms with Crippen molar-refractivity contribution in [3.8, 4) is 17.3 Å². The van der Waals surface area contributed by atoms with E-state index in [1.807, 2.05) is 13.0 Å². The molecule has 0 saturated heterocycles. The zero-order valence-electron chi connectivity index (χ0n) is 15.8. The van der Waals surface area contributed by atoms with Crippen LogP contribution in [0.4, 0.5) is 0 Å². The molecule has 0 aliphatic heterocycles. The quantitative estimate of drug-likeness (QED) is 0.717. The van der Waals surface area contributed by atoms with E-state index in [2.05, 4.69) is 5.32 Å². The van der Waals surface area contributed by atoms with Gasteiger partial charge in [0.15, 0.2) is 12.4 Å². The molecule has 0 radical (unpaired) electrons. The van der Waals surface area contributed by atoms with E-state index in [0.29, 0.717) is 16.7 Å². The second-order valence-corrected chi connectivity index (χ2v) is 7.26. The van der Waals surface area contributed by atoms with Gasteiger partial charge in [0.25, 0.3) is 5.91 Å². The number of carbonyl (C=O) groups is 1. The Hall–Kier alpha value is -3.02. The van der Waals surface area contributed by atoms with Crippen LogP contribution in [0.15, 0.2) is 50.2 Å². The summed E-state index contributed by atoms with van der Waals surface area (Å²) in [5.74, 6) is 0.326. The van der Waals surface area contributed by atoms with Crippen molar-refractivity contribution >= 4 is 16.9 Å². The van der Waals surface area contributed by atoms with Gasteiger partial charge in [0.1, 0.15) is 5.58 Å². The highest BCUT2D eigenvalue weighted by molar-refractivity contribution is 5.82. The summed E-state index contributed by atoms with van der Waals surface area (Å²) in [5, 5.41) is 3.39. The van der Waals surface area contributed by atoms with Gasteiger partial charge in [-0.2, -0.15) is 0 Å². The molecule has 3 aromatic rings. The Balaban J connectivity index is 1.62. The van der Waals surface area contributed by atoms with E-state index in [4.69, 9.17) is 13.6 Å². The van der Waals surface area contributed by atoms with Crippen LogP contribution in [-0.4, -0.2) is 18.6 Å². The fourth-order valence-corrected chi connectivity index (χ4v) is 3.64. The zero-order chi connectivity index (χ0) is 19.5. The number of benzene rings is 1. The summed E-state index contributed by atoms with van der Waals surface area (Å²) in [5.41, 5.74) is 1.11. The van der Waals surface area contributed by atoms with Crippen LogP contribution in [0, 0.1) is 6.92 Å². The standard InChI is InChI=1S/C22H23NO5/c1-14-9-10-16-18(12-14)28-21(17-8-5-11-26-17)22(20(16)25)27-13-19(24)23-15-6-3-2-4-7-15/h5,8-12,15H,2-4,6-7,13H2,1H3,(H,23,24). The Morgan fingerprint density at radius 3 is 2.79 bits per heavy atom. The van der Waals surface area contributed by atoms with E-state index in [-0.39, 0.29) is 35.5 Å². The van der Waals surface area contributed by atoms with Crippen molar-refractivity contribution in [1.29, 1.82) is 0 Å². The second-order valence-electron chi connectivity index (χ2n) is 7.26. The lowest BCUT2D eigenvalue weighted by Gasteiger charge is -2.22. The molecule has 28 heavy (non-hydrogen) atoms. The van der Waals surface area contributed by atoms with Gasteiger partial charge in [0.05, 0.1) is 11.6 Å². The van der Waals surface area contributed by atoms with Gasteiger partial charge < -0.3 is 18.9 Å². The molecule has 4 rings (SSSR count). The maximum Gasteiger partial charge on any atom is 0.258 e. The topological polar surface area (TPSA) is 81.7 Å². The minimum absolute atomic E-state index is 0.00917. The van der Waals surface area contributed by atoms with Gasteiger partial charge in [-0.15, -0.1) is 0 Å². The second kappa shape index (κ2) is 7.92. The third-order valence-corrected chi connectivity index (χ3v) is 5.07. The summed E-state index contributed by atoms with van der Waals surface area (Å²) in [7, 11) is 0. The molecule has 0 bridgehead atoms. The Morgan fingerprint density at radius 2 is 2.04 bits per heavy atom. The van der Waals surface area contributed by atoms with Crippen molar-refractivity contribution < 1.29 is 18.4 Å². The van der Waals surface area contributed by atoms with Crippen LogP contribution in [-0.2, 0) is 4.79 Å². The van der Waals surface area contributed by atoms with Crippen LogP contribution in [0.1, 0.15) is 37.7 Å². The molecule has 1 N–H and O–H groups in total. The molecular formula is C22H23NO5. The number of hydrogen-bond acceptors (Lipinski definition) is 5. The monoisotopic (exact) mass is 381 g/mol. The third kappa shape index (κ3) is 3.81. The van der Waals surface area contributed by atoms with Gasteiger partial charge in [0.2, 0.25) is 16.9 Å². The normalized spacial score (nSPS) is 14.9. The van der Waals surface area contributed by atoms with Gasteiger partial charge in [0, 0.05) is 6.04 Å². The minimum atomic E-state index is -0.321. The summed E-state index contributed by atoms with van der Waals surface area (Å²) in [6.45, 7) is 1.68. The maximum absolute atomic E-state index is 13.0. The first-order chi connectivity index (χ1) is 13.6. The fourth-order valence-electron chi connectivity index (χ4n) is 3.64. The van der Waals surface area contributed by atoms with E-state index in [1.54, 1.807) is 24.3 Å². The summed E-state index contributed by atoms with van der Waals surface area (Å²) >= 11 is 0. The minimum Gasteiger partial charge on any atom is -0.476 e. The summed E-state index contributed by atoms with van der Waals surface area (Å²) < 4.78 is 17.0. The Labute approximate surface area is 162 Å². The number of carbonyl (C=O) groups excluding carboxylic acids is 1. The van der Waals surface area contributed by atoms with Crippen molar-refractivity contribution in [1.82, 2.24) is 5.32 Å². The number of fused-ring (bicyclic) bond motifs is 1. The molecular weight excluding hydrogens is 358 g/mol. The van der Waals surface area contributed by atoms with E-state index >= 15 is 0 Å². The number of nitrogens with one attached hydrogen (secondary N) is 1. The van der Waals surface area contributed by atoms with Crippen molar-refractivity contribution in [2.24, 2.45) is 0 Å². The average molecular weight is 381 g/mol. The molecule has 146 valence electrons. The number of furan rings is 1.